The summed E-state index contributed by atoms with van der Waals surface area (Å²) in [6.07, 6.45) is 1.59. The van der Waals surface area contributed by atoms with Gasteiger partial charge in [0.2, 0.25) is 0 Å². The SMILES string of the molecule is CCOc1cc(/C=C2/NC(=O)N(CC)C2=O)ccc1OCc1cccc(F)c1. The van der Waals surface area contributed by atoms with Gasteiger partial charge in [-0.25, -0.2) is 9.18 Å². The summed E-state index contributed by atoms with van der Waals surface area (Å²) in [6, 6.07) is 11.0. The van der Waals surface area contributed by atoms with Crippen molar-refractivity contribution in [2.45, 2.75) is 20.5 Å². The predicted molar refractivity (Wildman–Crippen MR) is 102 cm³/mol. The van der Waals surface area contributed by atoms with Gasteiger partial charge in [-0.1, -0.05) is 18.2 Å². The van der Waals surface area contributed by atoms with Crippen LogP contribution in [-0.2, 0) is 11.4 Å². The molecule has 0 atom stereocenters. The Kier molecular flexibility index (Phi) is 5.93. The Balaban J connectivity index is 1.80. The van der Waals surface area contributed by atoms with Crippen molar-refractivity contribution in [2.24, 2.45) is 0 Å². The van der Waals surface area contributed by atoms with Gasteiger partial charge in [-0.3, -0.25) is 9.69 Å². The second kappa shape index (κ2) is 8.56. The smallest absolute Gasteiger partial charge is 0.328 e. The van der Waals surface area contributed by atoms with E-state index in [0.717, 1.165) is 4.90 Å². The quantitative estimate of drug-likeness (QED) is 0.584. The molecule has 146 valence electrons. The second-order valence-electron chi connectivity index (χ2n) is 6.10. The van der Waals surface area contributed by atoms with Crippen LogP contribution in [0.15, 0.2) is 48.2 Å². The van der Waals surface area contributed by atoms with E-state index in [1.54, 1.807) is 43.3 Å². The van der Waals surface area contributed by atoms with Crippen molar-refractivity contribution in [3.8, 4) is 11.5 Å². The van der Waals surface area contributed by atoms with E-state index in [1.165, 1.54) is 12.1 Å². The standard InChI is InChI=1S/C21H21FN2O4/c1-3-24-20(25)17(23-21(24)26)11-14-8-9-18(19(12-14)27-4-2)28-13-15-6-5-7-16(22)10-15/h5-12H,3-4,13H2,1-2H3,(H,23,26)/b17-11+. The molecule has 1 saturated heterocycles. The van der Waals surface area contributed by atoms with E-state index >= 15 is 0 Å². The fourth-order valence-electron chi connectivity index (χ4n) is 2.82. The maximum absolute atomic E-state index is 13.3. The van der Waals surface area contributed by atoms with Crippen LogP contribution >= 0.6 is 0 Å². The van der Waals surface area contributed by atoms with Gasteiger partial charge in [0.1, 0.15) is 18.1 Å². The van der Waals surface area contributed by atoms with Crippen LogP contribution in [0.5, 0.6) is 11.5 Å². The van der Waals surface area contributed by atoms with Gasteiger partial charge >= 0.3 is 6.03 Å². The molecule has 1 aliphatic rings. The van der Waals surface area contributed by atoms with Crippen LogP contribution in [0.25, 0.3) is 6.08 Å². The molecule has 1 heterocycles. The average Bonchev–Trinajstić information content (AvgIpc) is 2.94. The number of hydrogen-bond donors (Lipinski definition) is 1. The fourth-order valence-corrected chi connectivity index (χ4v) is 2.82. The largest absolute Gasteiger partial charge is 0.490 e. The van der Waals surface area contributed by atoms with Gasteiger partial charge in [0.15, 0.2) is 11.5 Å². The number of nitrogens with one attached hydrogen (secondary N) is 1. The number of carbonyl (C=O) groups is 2. The summed E-state index contributed by atoms with van der Waals surface area (Å²) < 4.78 is 24.7. The number of rotatable bonds is 7. The van der Waals surface area contributed by atoms with E-state index in [9.17, 15) is 14.0 Å². The first kappa shape index (κ1) is 19.4. The molecule has 0 spiro atoms. The molecule has 0 aromatic heterocycles. The molecule has 3 rings (SSSR count). The number of likely N-dealkylation sites (N-methyl/N-ethyl adjacent to an activating group) is 1. The lowest BCUT2D eigenvalue weighted by atomic mass is 10.1. The molecule has 2 aromatic rings. The maximum atomic E-state index is 13.3. The number of imide groups is 1. The van der Waals surface area contributed by atoms with Crippen molar-refractivity contribution in [2.75, 3.05) is 13.2 Å². The van der Waals surface area contributed by atoms with Gasteiger partial charge in [-0.15, -0.1) is 0 Å². The van der Waals surface area contributed by atoms with Crippen LogP contribution in [0.2, 0.25) is 0 Å². The average molecular weight is 384 g/mol. The van der Waals surface area contributed by atoms with Crippen molar-refractivity contribution in [1.82, 2.24) is 10.2 Å². The number of amides is 3. The zero-order valence-corrected chi connectivity index (χ0v) is 15.7. The van der Waals surface area contributed by atoms with Gasteiger partial charge in [-0.2, -0.15) is 0 Å². The van der Waals surface area contributed by atoms with Crippen LogP contribution in [0.4, 0.5) is 9.18 Å². The van der Waals surface area contributed by atoms with Crippen molar-refractivity contribution >= 4 is 18.0 Å². The highest BCUT2D eigenvalue weighted by atomic mass is 19.1. The van der Waals surface area contributed by atoms with E-state index < -0.39 is 6.03 Å². The number of ether oxygens (including phenoxy) is 2. The van der Waals surface area contributed by atoms with Crippen LogP contribution in [-0.4, -0.2) is 30.0 Å². The Morgan fingerprint density at radius 1 is 1.07 bits per heavy atom. The monoisotopic (exact) mass is 384 g/mol. The lowest BCUT2D eigenvalue weighted by molar-refractivity contribution is -0.122. The first-order chi connectivity index (χ1) is 13.5. The van der Waals surface area contributed by atoms with E-state index in [-0.39, 0.29) is 24.0 Å². The van der Waals surface area contributed by atoms with Gasteiger partial charge < -0.3 is 14.8 Å². The van der Waals surface area contributed by atoms with Gasteiger partial charge in [0.25, 0.3) is 5.91 Å². The maximum Gasteiger partial charge on any atom is 0.328 e. The molecule has 28 heavy (non-hydrogen) atoms. The summed E-state index contributed by atoms with van der Waals surface area (Å²) in [6.45, 7) is 4.51. The minimum absolute atomic E-state index is 0.193. The molecule has 1 aliphatic heterocycles. The lowest BCUT2D eigenvalue weighted by Gasteiger charge is -2.13. The van der Waals surface area contributed by atoms with Crippen LogP contribution in [0, 0.1) is 5.82 Å². The summed E-state index contributed by atoms with van der Waals surface area (Å²) >= 11 is 0. The van der Waals surface area contributed by atoms with E-state index in [4.69, 9.17) is 9.47 Å². The fraction of sp³-hybridized carbons (Fsp3) is 0.238. The Hall–Kier alpha value is -3.35. The summed E-state index contributed by atoms with van der Waals surface area (Å²) in [4.78, 5) is 25.1. The molecular formula is C21H21FN2O4. The topological polar surface area (TPSA) is 67.9 Å². The molecule has 3 amide bonds. The lowest BCUT2D eigenvalue weighted by Crippen LogP contribution is -2.30. The number of halogens is 1. The summed E-state index contributed by atoms with van der Waals surface area (Å²) in [5.74, 6) is 0.317. The molecule has 7 heteroatoms. The Morgan fingerprint density at radius 2 is 1.89 bits per heavy atom. The van der Waals surface area contributed by atoms with Gasteiger partial charge in [-0.05, 0) is 55.3 Å². The Labute approximate surface area is 162 Å². The van der Waals surface area contributed by atoms with Crippen LogP contribution in [0.3, 0.4) is 0 Å². The highest BCUT2D eigenvalue weighted by Crippen LogP contribution is 2.30. The van der Waals surface area contributed by atoms with Crippen molar-refractivity contribution in [1.29, 1.82) is 0 Å². The summed E-state index contributed by atoms with van der Waals surface area (Å²) in [7, 11) is 0. The zero-order chi connectivity index (χ0) is 20.1. The van der Waals surface area contributed by atoms with Crippen molar-refractivity contribution in [3.05, 3.63) is 65.1 Å². The molecule has 2 aromatic carbocycles. The summed E-state index contributed by atoms with van der Waals surface area (Å²) in [5.41, 5.74) is 1.60. The Morgan fingerprint density at radius 3 is 2.57 bits per heavy atom. The molecule has 0 unspecified atom stereocenters. The molecule has 6 nitrogen and oxygen atoms in total. The molecule has 0 saturated carbocycles. The van der Waals surface area contributed by atoms with Crippen LogP contribution in [0.1, 0.15) is 25.0 Å². The molecule has 1 N–H and O–H groups in total. The minimum Gasteiger partial charge on any atom is -0.490 e. The van der Waals surface area contributed by atoms with E-state index in [2.05, 4.69) is 5.32 Å². The van der Waals surface area contributed by atoms with E-state index in [0.29, 0.717) is 35.8 Å². The third kappa shape index (κ3) is 4.31. The zero-order valence-electron chi connectivity index (χ0n) is 15.7. The Bertz CT molecular complexity index is 926. The second-order valence-corrected chi connectivity index (χ2v) is 6.10. The molecule has 0 aliphatic carbocycles. The summed E-state index contributed by atoms with van der Waals surface area (Å²) in [5, 5.41) is 2.56. The van der Waals surface area contributed by atoms with Crippen molar-refractivity contribution in [3.63, 3.8) is 0 Å². The minimum atomic E-state index is -0.432. The predicted octanol–water partition coefficient (Wildman–Crippen LogP) is 3.72. The number of urea groups is 1. The number of benzene rings is 2. The molecular weight excluding hydrogens is 363 g/mol. The first-order valence-corrected chi connectivity index (χ1v) is 9.00. The molecule has 1 fully saturated rings. The molecule has 0 bridgehead atoms. The van der Waals surface area contributed by atoms with Gasteiger partial charge in [0.05, 0.1) is 6.61 Å². The molecule has 0 radical (unpaired) electrons. The highest BCUT2D eigenvalue weighted by molar-refractivity contribution is 6.13. The first-order valence-electron chi connectivity index (χ1n) is 9.00. The number of hydrogen-bond acceptors (Lipinski definition) is 4. The van der Waals surface area contributed by atoms with Gasteiger partial charge in [0, 0.05) is 6.54 Å². The van der Waals surface area contributed by atoms with Crippen molar-refractivity contribution < 1.29 is 23.5 Å². The number of nitrogens with zero attached hydrogens (tertiary/aromatic N) is 1. The van der Waals surface area contributed by atoms with E-state index in [1.807, 2.05) is 6.92 Å². The number of carbonyl (C=O) groups excluding carboxylic acids is 2. The normalized spacial score (nSPS) is 15.1. The van der Waals surface area contributed by atoms with Crippen LogP contribution < -0.4 is 14.8 Å². The highest BCUT2D eigenvalue weighted by Gasteiger charge is 2.32. The third-order valence-corrected chi connectivity index (χ3v) is 4.14. The third-order valence-electron chi connectivity index (χ3n) is 4.14.